The second-order valence-corrected chi connectivity index (χ2v) is 5.06. The molecule has 1 N–H and O–H groups in total. The molecule has 5 heteroatoms. The molecule has 0 radical (unpaired) electrons. The molecule has 2 aromatic heterocycles. The molecule has 0 bridgehead atoms. The molecule has 0 aliphatic rings. The summed E-state index contributed by atoms with van der Waals surface area (Å²) >= 11 is 0. The van der Waals surface area contributed by atoms with Crippen LogP contribution in [0.1, 0.15) is 44.6 Å². The predicted molar refractivity (Wildman–Crippen MR) is 75.9 cm³/mol. The smallest absolute Gasteiger partial charge is 0.0849 e. The topological polar surface area (TPSA) is 47.7 Å². The Labute approximate surface area is 114 Å². The summed E-state index contributed by atoms with van der Waals surface area (Å²) in [6.07, 6.45) is 5.18. The van der Waals surface area contributed by atoms with E-state index in [4.69, 9.17) is 0 Å². The first-order valence-electron chi connectivity index (χ1n) is 6.96. The van der Waals surface area contributed by atoms with Crippen LogP contribution in [0, 0.1) is 0 Å². The Morgan fingerprint density at radius 3 is 2.63 bits per heavy atom. The van der Waals surface area contributed by atoms with Crippen molar-refractivity contribution >= 4 is 0 Å². The standard InChI is InChI=1S/C14H23N5/c1-4-7-15-10-13-5-8-18(16-13)11-14-6-9-19(17-14)12(2)3/h5-6,8-9,12,15H,4,7,10-11H2,1-3H3. The van der Waals surface area contributed by atoms with Crippen LogP contribution >= 0.6 is 0 Å². The molecular weight excluding hydrogens is 238 g/mol. The van der Waals surface area contributed by atoms with E-state index in [1.807, 2.05) is 21.8 Å². The number of aromatic nitrogens is 4. The minimum atomic E-state index is 0.403. The van der Waals surface area contributed by atoms with Crippen molar-refractivity contribution in [2.75, 3.05) is 6.54 Å². The summed E-state index contributed by atoms with van der Waals surface area (Å²) in [6, 6.07) is 4.51. The monoisotopic (exact) mass is 261 g/mol. The lowest BCUT2D eigenvalue weighted by molar-refractivity contribution is 0.520. The summed E-state index contributed by atoms with van der Waals surface area (Å²) in [5.74, 6) is 0. The van der Waals surface area contributed by atoms with Gasteiger partial charge in [-0.15, -0.1) is 0 Å². The number of hydrogen-bond donors (Lipinski definition) is 1. The molecule has 5 nitrogen and oxygen atoms in total. The fourth-order valence-electron chi connectivity index (χ4n) is 1.89. The molecule has 0 atom stereocenters. The number of hydrogen-bond acceptors (Lipinski definition) is 3. The van der Waals surface area contributed by atoms with Gasteiger partial charge in [-0.3, -0.25) is 9.36 Å². The Kier molecular flexibility index (Phi) is 4.74. The highest BCUT2D eigenvalue weighted by atomic mass is 15.3. The fourth-order valence-corrected chi connectivity index (χ4v) is 1.89. The molecule has 0 saturated carbocycles. The summed E-state index contributed by atoms with van der Waals surface area (Å²) in [6.45, 7) is 9.02. The van der Waals surface area contributed by atoms with Crippen molar-refractivity contribution in [3.63, 3.8) is 0 Å². The van der Waals surface area contributed by atoms with Crippen molar-refractivity contribution in [3.8, 4) is 0 Å². The normalized spacial score (nSPS) is 11.4. The lowest BCUT2D eigenvalue weighted by atomic mass is 10.4. The molecule has 2 aromatic rings. The maximum Gasteiger partial charge on any atom is 0.0849 e. The summed E-state index contributed by atoms with van der Waals surface area (Å²) < 4.78 is 3.92. The first-order chi connectivity index (χ1) is 9.19. The first kappa shape index (κ1) is 13.8. The van der Waals surface area contributed by atoms with Crippen LogP contribution in [0.3, 0.4) is 0 Å². The van der Waals surface area contributed by atoms with Gasteiger partial charge in [0.2, 0.25) is 0 Å². The van der Waals surface area contributed by atoms with Gasteiger partial charge in [-0.05, 0) is 38.9 Å². The van der Waals surface area contributed by atoms with Gasteiger partial charge in [0.05, 0.1) is 17.9 Å². The highest BCUT2D eigenvalue weighted by Crippen LogP contribution is 2.06. The Bertz CT molecular complexity index is 497. The molecule has 0 amide bonds. The van der Waals surface area contributed by atoms with E-state index in [0.29, 0.717) is 6.04 Å². The zero-order valence-electron chi connectivity index (χ0n) is 12.0. The highest BCUT2D eigenvalue weighted by Gasteiger charge is 2.04. The quantitative estimate of drug-likeness (QED) is 0.777. The van der Waals surface area contributed by atoms with Crippen LogP contribution in [0.5, 0.6) is 0 Å². The molecule has 19 heavy (non-hydrogen) atoms. The SMILES string of the molecule is CCCNCc1ccn(Cc2ccn(C(C)C)n2)n1. The minimum absolute atomic E-state index is 0.403. The summed E-state index contributed by atoms with van der Waals surface area (Å²) in [5.41, 5.74) is 2.13. The van der Waals surface area contributed by atoms with E-state index in [1.165, 1.54) is 0 Å². The zero-order valence-corrected chi connectivity index (χ0v) is 12.0. The highest BCUT2D eigenvalue weighted by molar-refractivity contribution is 5.03. The summed E-state index contributed by atoms with van der Waals surface area (Å²) in [7, 11) is 0. The molecule has 104 valence electrons. The maximum atomic E-state index is 4.54. The van der Waals surface area contributed by atoms with Crippen molar-refractivity contribution in [3.05, 3.63) is 35.9 Å². The number of rotatable bonds is 7. The van der Waals surface area contributed by atoms with Gasteiger partial charge in [-0.25, -0.2) is 0 Å². The van der Waals surface area contributed by atoms with Crippen LogP contribution in [-0.4, -0.2) is 26.1 Å². The van der Waals surface area contributed by atoms with Gasteiger partial charge in [-0.1, -0.05) is 6.92 Å². The predicted octanol–water partition coefficient (Wildman–Crippen LogP) is 2.21. The molecule has 0 aliphatic carbocycles. The molecule has 0 spiro atoms. The second-order valence-electron chi connectivity index (χ2n) is 5.06. The van der Waals surface area contributed by atoms with Gasteiger partial charge in [0, 0.05) is 25.0 Å². The van der Waals surface area contributed by atoms with E-state index in [0.717, 1.165) is 37.4 Å². The molecule has 0 aliphatic heterocycles. The van der Waals surface area contributed by atoms with Crippen molar-refractivity contribution in [1.29, 1.82) is 0 Å². The lowest BCUT2D eigenvalue weighted by Gasteiger charge is -2.04. The van der Waals surface area contributed by atoms with Crippen molar-refractivity contribution in [2.24, 2.45) is 0 Å². The van der Waals surface area contributed by atoms with Crippen LogP contribution < -0.4 is 5.32 Å². The second kappa shape index (κ2) is 6.52. The Morgan fingerprint density at radius 2 is 1.95 bits per heavy atom. The number of nitrogens with one attached hydrogen (secondary N) is 1. The van der Waals surface area contributed by atoms with Crippen LogP contribution in [0.25, 0.3) is 0 Å². The van der Waals surface area contributed by atoms with Gasteiger partial charge in [-0.2, -0.15) is 10.2 Å². The molecule has 2 rings (SSSR count). The van der Waals surface area contributed by atoms with E-state index in [9.17, 15) is 0 Å². The molecule has 2 heterocycles. The van der Waals surface area contributed by atoms with Gasteiger partial charge in [0.15, 0.2) is 0 Å². The average molecular weight is 261 g/mol. The molecule has 0 aromatic carbocycles. The van der Waals surface area contributed by atoms with Crippen molar-refractivity contribution in [1.82, 2.24) is 24.9 Å². The van der Waals surface area contributed by atoms with E-state index in [-0.39, 0.29) is 0 Å². The van der Waals surface area contributed by atoms with Gasteiger partial charge < -0.3 is 5.32 Å². The lowest BCUT2D eigenvalue weighted by Crippen LogP contribution is -2.14. The molecule has 0 unspecified atom stereocenters. The van der Waals surface area contributed by atoms with E-state index < -0.39 is 0 Å². The number of nitrogens with zero attached hydrogens (tertiary/aromatic N) is 4. The summed E-state index contributed by atoms with van der Waals surface area (Å²) in [5, 5.41) is 12.4. The third-order valence-corrected chi connectivity index (χ3v) is 2.95. The van der Waals surface area contributed by atoms with Gasteiger partial charge >= 0.3 is 0 Å². The Morgan fingerprint density at radius 1 is 1.16 bits per heavy atom. The van der Waals surface area contributed by atoms with Gasteiger partial charge in [0.25, 0.3) is 0 Å². The summed E-state index contributed by atoms with van der Waals surface area (Å²) in [4.78, 5) is 0. The Hall–Kier alpha value is -1.62. The van der Waals surface area contributed by atoms with Crippen LogP contribution in [0.4, 0.5) is 0 Å². The average Bonchev–Trinajstić information content (AvgIpc) is 3.00. The Balaban J connectivity index is 1.91. The van der Waals surface area contributed by atoms with Crippen molar-refractivity contribution < 1.29 is 0 Å². The first-order valence-corrected chi connectivity index (χ1v) is 6.96. The van der Waals surface area contributed by atoms with E-state index >= 15 is 0 Å². The van der Waals surface area contributed by atoms with Gasteiger partial charge in [0.1, 0.15) is 0 Å². The molecule has 0 fully saturated rings. The minimum Gasteiger partial charge on any atom is -0.311 e. The van der Waals surface area contributed by atoms with Crippen LogP contribution in [0.15, 0.2) is 24.5 Å². The maximum absolute atomic E-state index is 4.54. The third-order valence-electron chi connectivity index (χ3n) is 2.95. The largest absolute Gasteiger partial charge is 0.311 e. The molecule has 0 saturated heterocycles. The fraction of sp³-hybridized carbons (Fsp3) is 0.571. The van der Waals surface area contributed by atoms with E-state index in [2.05, 4.69) is 48.4 Å². The molecular formula is C14H23N5. The third kappa shape index (κ3) is 3.92. The van der Waals surface area contributed by atoms with Crippen LogP contribution in [0.2, 0.25) is 0 Å². The van der Waals surface area contributed by atoms with E-state index in [1.54, 1.807) is 0 Å². The zero-order chi connectivity index (χ0) is 13.7. The van der Waals surface area contributed by atoms with Crippen molar-refractivity contribution in [2.45, 2.75) is 46.3 Å². The van der Waals surface area contributed by atoms with Crippen LogP contribution in [-0.2, 0) is 13.1 Å².